The van der Waals surface area contributed by atoms with Gasteiger partial charge in [0.1, 0.15) is 0 Å². The third kappa shape index (κ3) is 6.04. The van der Waals surface area contributed by atoms with E-state index in [1.54, 1.807) is 6.20 Å². The van der Waals surface area contributed by atoms with Gasteiger partial charge in [-0.2, -0.15) is 0 Å². The molecular formula is C23H32N4O3S. The van der Waals surface area contributed by atoms with Crippen molar-refractivity contribution in [2.24, 2.45) is 0 Å². The summed E-state index contributed by atoms with van der Waals surface area (Å²) in [5, 5.41) is 0.155. The number of piperazine rings is 1. The molecule has 0 unspecified atom stereocenters. The minimum atomic E-state index is -3.38. The summed E-state index contributed by atoms with van der Waals surface area (Å²) in [6.07, 6.45) is 9.41. The standard InChI is InChI=1S/C23H32N4O3S/c1-31(28,29)23-24-17-21(27(23)19-22-10-6-16-30-22)18-26-14-12-25(13-15-26)11-5-9-20-7-3-2-4-8-20/h2-5,7-9,17,22H,6,10-16,18-19H2,1H3/b9-5+/t22-/m1/s1. The van der Waals surface area contributed by atoms with E-state index < -0.39 is 9.84 Å². The first-order chi connectivity index (χ1) is 15.0. The van der Waals surface area contributed by atoms with Crippen molar-refractivity contribution in [3.05, 3.63) is 53.9 Å². The third-order valence-corrected chi connectivity index (χ3v) is 6.96. The number of imidazole rings is 1. The van der Waals surface area contributed by atoms with Gasteiger partial charge in [0, 0.05) is 52.1 Å². The van der Waals surface area contributed by atoms with E-state index in [4.69, 9.17) is 4.74 Å². The van der Waals surface area contributed by atoms with E-state index in [2.05, 4.69) is 51.2 Å². The normalized spacial score (nSPS) is 21.3. The summed E-state index contributed by atoms with van der Waals surface area (Å²) in [5.74, 6) is 0. The summed E-state index contributed by atoms with van der Waals surface area (Å²) in [6, 6.07) is 10.4. The molecule has 2 saturated heterocycles. The molecule has 2 fully saturated rings. The minimum Gasteiger partial charge on any atom is -0.376 e. The van der Waals surface area contributed by atoms with Crippen LogP contribution in [-0.2, 0) is 27.7 Å². The number of ether oxygens (including phenoxy) is 1. The number of aromatic nitrogens is 2. The summed E-state index contributed by atoms with van der Waals surface area (Å²) in [4.78, 5) is 9.08. The van der Waals surface area contributed by atoms with Crippen LogP contribution in [0.15, 0.2) is 47.8 Å². The maximum absolute atomic E-state index is 12.2. The Kier molecular flexibility index (Phi) is 7.22. The molecule has 8 heteroatoms. The fourth-order valence-electron chi connectivity index (χ4n) is 4.26. The van der Waals surface area contributed by atoms with Gasteiger partial charge in [0.05, 0.1) is 24.5 Å². The number of rotatable bonds is 8. The Bertz CT molecular complexity index is 974. The second-order valence-electron chi connectivity index (χ2n) is 8.44. The first kappa shape index (κ1) is 22.2. The molecule has 2 aliphatic heterocycles. The first-order valence-electron chi connectivity index (χ1n) is 11.0. The predicted molar refractivity (Wildman–Crippen MR) is 122 cm³/mol. The van der Waals surface area contributed by atoms with Gasteiger partial charge in [0.2, 0.25) is 15.0 Å². The van der Waals surface area contributed by atoms with Gasteiger partial charge in [-0.25, -0.2) is 13.4 Å². The maximum atomic E-state index is 12.2. The number of hydrogen-bond acceptors (Lipinski definition) is 6. The van der Waals surface area contributed by atoms with Gasteiger partial charge in [0.25, 0.3) is 0 Å². The molecule has 0 radical (unpaired) electrons. The van der Waals surface area contributed by atoms with Crippen molar-refractivity contribution in [2.75, 3.05) is 45.6 Å². The van der Waals surface area contributed by atoms with Crippen molar-refractivity contribution in [2.45, 2.75) is 37.2 Å². The molecule has 0 aliphatic carbocycles. The van der Waals surface area contributed by atoms with Crippen LogP contribution in [0.25, 0.3) is 6.08 Å². The smallest absolute Gasteiger partial charge is 0.227 e. The monoisotopic (exact) mass is 444 g/mol. The Hall–Kier alpha value is -2.00. The fraction of sp³-hybridized carbons (Fsp3) is 0.522. The van der Waals surface area contributed by atoms with Crippen molar-refractivity contribution in [3.63, 3.8) is 0 Å². The summed E-state index contributed by atoms with van der Waals surface area (Å²) in [6.45, 7) is 6.87. The van der Waals surface area contributed by atoms with Crippen molar-refractivity contribution in [3.8, 4) is 0 Å². The van der Waals surface area contributed by atoms with Crippen LogP contribution in [-0.4, -0.2) is 79.5 Å². The molecular weight excluding hydrogens is 412 g/mol. The molecule has 3 heterocycles. The highest BCUT2D eigenvalue weighted by atomic mass is 32.2. The van der Waals surface area contributed by atoms with Gasteiger partial charge >= 0.3 is 0 Å². The molecule has 4 rings (SSSR count). The van der Waals surface area contributed by atoms with E-state index in [0.717, 1.165) is 57.9 Å². The van der Waals surface area contributed by atoms with Crippen LogP contribution >= 0.6 is 0 Å². The Morgan fingerprint density at radius 1 is 1.13 bits per heavy atom. The van der Waals surface area contributed by atoms with Crippen LogP contribution < -0.4 is 0 Å². The van der Waals surface area contributed by atoms with Gasteiger partial charge in [-0.05, 0) is 18.4 Å². The lowest BCUT2D eigenvalue weighted by Crippen LogP contribution is -2.46. The Labute approximate surface area is 185 Å². The van der Waals surface area contributed by atoms with Crippen LogP contribution in [0, 0.1) is 0 Å². The number of hydrogen-bond donors (Lipinski definition) is 0. The zero-order valence-corrected chi connectivity index (χ0v) is 19.0. The zero-order valence-electron chi connectivity index (χ0n) is 18.2. The predicted octanol–water partition coefficient (Wildman–Crippen LogP) is 2.30. The van der Waals surface area contributed by atoms with Crippen molar-refractivity contribution < 1.29 is 13.2 Å². The van der Waals surface area contributed by atoms with Gasteiger partial charge in [-0.1, -0.05) is 42.5 Å². The number of sulfone groups is 1. The molecule has 2 aliphatic rings. The maximum Gasteiger partial charge on any atom is 0.227 e. The topological polar surface area (TPSA) is 67.7 Å². The Morgan fingerprint density at radius 2 is 1.87 bits per heavy atom. The van der Waals surface area contributed by atoms with Crippen LogP contribution in [0.5, 0.6) is 0 Å². The summed E-state index contributed by atoms with van der Waals surface area (Å²) < 4.78 is 32.1. The van der Waals surface area contributed by atoms with Crippen molar-refractivity contribution in [1.29, 1.82) is 0 Å². The number of nitrogens with zero attached hydrogens (tertiary/aromatic N) is 4. The van der Waals surface area contributed by atoms with Crippen LogP contribution in [0.1, 0.15) is 24.1 Å². The summed E-state index contributed by atoms with van der Waals surface area (Å²) >= 11 is 0. The van der Waals surface area contributed by atoms with Gasteiger partial charge < -0.3 is 9.30 Å². The van der Waals surface area contributed by atoms with E-state index in [1.165, 1.54) is 11.8 Å². The molecule has 0 spiro atoms. The zero-order chi connectivity index (χ0) is 21.7. The second-order valence-corrected chi connectivity index (χ2v) is 10.3. The van der Waals surface area contributed by atoms with Crippen LogP contribution in [0.2, 0.25) is 0 Å². The SMILES string of the molecule is CS(=O)(=O)c1ncc(CN2CCN(C/C=C/c3ccccc3)CC2)n1C[C@H]1CCCO1. The van der Waals surface area contributed by atoms with Crippen molar-refractivity contribution in [1.82, 2.24) is 19.4 Å². The Morgan fingerprint density at radius 3 is 2.55 bits per heavy atom. The molecule has 1 atom stereocenters. The average Bonchev–Trinajstić information content (AvgIpc) is 3.41. The fourth-order valence-corrected chi connectivity index (χ4v) is 5.10. The Balaban J connectivity index is 1.33. The molecule has 31 heavy (non-hydrogen) atoms. The van der Waals surface area contributed by atoms with Crippen molar-refractivity contribution >= 4 is 15.9 Å². The van der Waals surface area contributed by atoms with E-state index in [1.807, 2.05) is 10.6 Å². The average molecular weight is 445 g/mol. The molecule has 0 N–H and O–H groups in total. The quantitative estimate of drug-likeness (QED) is 0.622. The van der Waals surface area contributed by atoms with Crippen LogP contribution in [0.4, 0.5) is 0 Å². The highest BCUT2D eigenvalue weighted by molar-refractivity contribution is 7.90. The summed E-state index contributed by atoms with van der Waals surface area (Å²) in [7, 11) is -3.38. The molecule has 2 aromatic rings. The lowest BCUT2D eigenvalue weighted by Gasteiger charge is -2.34. The number of benzene rings is 1. The molecule has 0 amide bonds. The molecule has 1 aromatic heterocycles. The molecule has 168 valence electrons. The largest absolute Gasteiger partial charge is 0.376 e. The molecule has 0 saturated carbocycles. The van der Waals surface area contributed by atoms with Gasteiger partial charge in [-0.15, -0.1) is 0 Å². The van der Waals surface area contributed by atoms with Gasteiger partial charge in [0.15, 0.2) is 0 Å². The molecule has 0 bridgehead atoms. The molecule has 1 aromatic carbocycles. The first-order valence-corrected chi connectivity index (χ1v) is 12.9. The van der Waals surface area contributed by atoms with Crippen LogP contribution in [0.3, 0.4) is 0 Å². The van der Waals surface area contributed by atoms with E-state index in [0.29, 0.717) is 13.1 Å². The van der Waals surface area contributed by atoms with E-state index in [-0.39, 0.29) is 11.3 Å². The highest BCUT2D eigenvalue weighted by Gasteiger charge is 2.25. The lowest BCUT2D eigenvalue weighted by molar-refractivity contribution is 0.0918. The second kappa shape index (κ2) is 10.1. The van der Waals surface area contributed by atoms with E-state index >= 15 is 0 Å². The van der Waals surface area contributed by atoms with E-state index in [9.17, 15) is 8.42 Å². The van der Waals surface area contributed by atoms with Gasteiger partial charge in [-0.3, -0.25) is 9.80 Å². The molecule has 7 nitrogen and oxygen atoms in total. The summed E-state index contributed by atoms with van der Waals surface area (Å²) in [5.41, 5.74) is 2.18. The lowest BCUT2D eigenvalue weighted by atomic mass is 10.2. The highest BCUT2D eigenvalue weighted by Crippen LogP contribution is 2.20. The third-order valence-electron chi connectivity index (χ3n) is 5.97. The minimum absolute atomic E-state index is 0.0710.